The Balaban J connectivity index is 0.000000545. The monoisotopic (exact) mass is 304 g/mol. The van der Waals surface area contributed by atoms with E-state index in [4.69, 9.17) is 18.7 Å². The van der Waals surface area contributed by atoms with Gasteiger partial charge < -0.3 is 14.1 Å². The highest BCUT2D eigenvalue weighted by Crippen LogP contribution is 2.21. The summed E-state index contributed by atoms with van der Waals surface area (Å²) in [5, 5.41) is 0. The Kier molecular flexibility index (Phi) is 5.62. The van der Waals surface area contributed by atoms with Crippen LogP contribution in [0.3, 0.4) is 0 Å². The Bertz CT molecular complexity index is 610. The van der Waals surface area contributed by atoms with Crippen molar-refractivity contribution >= 4 is 12.2 Å². The molecule has 0 radical (unpaired) electrons. The lowest BCUT2D eigenvalue weighted by Crippen LogP contribution is -2.25. The minimum Gasteiger partial charge on any atom is -0.458 e. The smallest absolute Gasteiger partial charge is 0.373 e. The summed E-state index contributed by atoms with van der Waals surface area (Å²) in [6.45, 7) is 3.69. The molecule has 2 aromatic heterocycles. The summed E-state index contributed by atoms with van der Waals surface area (Å²) in [6, 6.07) is 2.88. The van der Waals surface area contributed by atoms with Crippen molar-refractivity contribution in [3.63, 3.8) is 0 Å². The summed E-state index contributed by atoms with van der Waals surface area (Å²) in [7, 11) is 0. The number of carbonyl (C=O) groups excluding carboxylic acids is 2. The predicted molar refractivity (Wildman–Crippen MR) is 74.2 cm³/mol. The largest absolute Gasteiger partial charge is 0.458 e. The molecule has 0 aliphatic carbocycles. The quantitative estimate of drug-likeness (QED) is 0.828. The van der Waals surface area contributed by atoms with E-state index >= 15 is 0 Å². The van der Waals surface area contributed by atoms with E-state index < -0.39 is 0 Å². The van der Waals surface area contributed by atoms with Gasteiger partial charge in [-0.2, -0.15) is 14.6 Å². The second-order valence-electron chi connectivity index (χ2n) is 4.56. The molecule has 8 heteroatoms. The van der Waals surface area contributed by atoms with Crippen molar-refractivity contribution in [1.29, 1.82) is 0 Å². The predicted octanol–water partition coefficient (Wildman–Crippen LogP) is 1.10. The number of rotatable bonds is 4. The van der Waals surface area contributed by atoms with Crippen molar-refractivity contribution in [1.82, 2.24) is 15.0 Å². The van der Waals surface area contributed by atoms with Gasteiger partial charge in [0, 0.05) is 25.4 Å². The van der Waals surface area contributed by atoms with Gasteiger partial charge in [-0.25, -0.2) is 9.97 Å². The lowest BCUT2D eigenvalue weighted by atomic mass is 10.3. The first kappa shape index (κ1) is 15.7. The summed E-state index contributed by atoms with van der Waals surface area (Å²) >= 11 is 0. The maximum atomic E-state index is 8.12. The summed E-state index contributed by atoms with van der Waals surface area (Å²) < 4.78 is 11.2. The highest BCUT2D eigenvalue weighted by Gasteiger charge is 2.27. The third kappa shape index (κ3) is 4.13. The fourth-order valence-corrected chi connectivity index (χ4v) is 2.10. The molecule has 0 saturated carbocycles. The summed E-state index contributed by atoms with van der Waals surface area (Å²) in [5.41, 5.74) is 0.978. The molecule has 1 aliphatic heterocycles. The first-order chi connectivity index (χ1) is 10.8. The molecule has 1 fully saturated rings. The molecular formula is C14H16N4O4. The molecule has 0 N–H and O–H groups in total. The van der Waals surface area contributed by atoms with Crippen molar-refractivity contribution in [2.24, 2.45) is 0 Å². The number of anilines is 1. The van der Waals surface area contributed by atoms with Crippen molar-refractivity contribution in [2.45, 2.75) is 25.9 Å². The van der Waals surface area contributed by atoms with E-state index in [2.05, 4.69) is 26.8 Å². The summed E-state index contributed by atoms with van der Waals surface area (Å²) in [5.74, 6) is 0. The van der Waals surface area contributed by atoms with Gasteiger partial charge in [-0.05, 0) is 12.5 Å². The van der Waals surface area contributed by atoms with E-state index in [0.29, 0.717) is 12.0 Å². The second-order valence-corrected chi connectivity index (χ2v) is 4.56. The molecule has 2 aromatic rings. The first-order valence-corrected chi connectivity index (χ1v) is 6.89. The van der Waals surface area contributed by atoms with E-state index in [0.717, 1.165) is 31.6 Å². The minimum absolute atomic E-state index is 0.0828. The third-order valence-corrected chi connectivity index (χ3v) is 3.13. The summed E-state index contributed by atoms with van der Waals surface area (Å²) in [6.07, 6.45) is 7.20. The van der Waals surface area contributed by atoms with Crippen LogP contribution in [0.25, 0.3) is 0 Å². The van der Waals surface area contributed by atoms with Crippen molar-refractivity contribution in [3.8, 4) is 6.01 Å². The zero-order valence-corrected chi connectivity index (χ0v) is 12.1. The van der Waals surface area contributed by atoms with Crippen molar-refractivity contribution < 1.29 is 18.7 Å². The fourth-order valence-electron chi connectivity index (χ4n) is 2.10. The molecule has 1 aliphatic rings. The van der Waals surface area contributed by atoms with Crippen molar-refractivity contribution in [3.05, 3.63) is 30.4 Å². The molecule has 22 heavy (non-hydrogen) atoms. The third-order valence-electron chi connectivity index (χ3n) is 3.13. The SMILES string of the molecule is CCc1coc(N2CC[C@H](Oc3ncccn3)C2)n1.O=C=O. The van der Waals surface area contributed by atoms with Crippen LogP contribution in [0.4, 0.5) is 6.01 Å². The topological polar surface area (TPSA) is 98.4 Å². The van der Waals surface area contributed by atoms with Gasteiger partial charge in [0.25, 0.3) is 6.01 Å². The van der Waals surface area contributed by atoms with Gasteiger partial charge in [-0.3, -0.25) is 0 Å². The molecule has 3 heterocycles. The number of hydrogen-bond donors (Lipinski definition) is 0. The minimum atomic E-state index is 0.0828. The number of hydrogen-bond acceptors (Lipinski definition) is 8. The van der Waals surface area contributed by atoms with Crippen LogP contribution in [0.5, 0.6) is 6.01 Å². The zero-order valence-electron chi connectivity index (χ0n) is 12.1. The number of nitrogens with zero attached hydrogens (tertiary/aromatic N) is 4. The van der Waals surface area contributed by atoms with Crippen LogP contribution >= 0.6 is 0 Å². The Morgan fingerprint density at radius 1 is 1.41 bits per heavy atom. The number of aryl methyl sites for hydroxylation is 1. The average Bonchev–Trinajstić information content (AvgIpc) is 3.17. The first-order valence-electron chi connectivity index (χ1n) is 6.89. The maximum absolute atomic E-state index is 8.12. The number of oxazole rings is 1. The Labute approximate surface area is 127 Å². The van der Waals surface area contributed by atoms with E-state index in [9.17, 15) is 0 Å². The highest BCUT2D eigenvalue weighted by molar-refractivity contribution is 5.29. The van der Waals surface area contributed by atoms with Crippen LogP contribution in [0.2, 0.25) is 0 Å². The number of ether oxygens (including phenoxy) is 1. The van der Waals surface area contributed by atoms with Gasteiger partial charge in [0.2, 0.25) is 0 Å². The molecule has 0 bridgehead atoms. The van der Waals surface area contributed by atoms with E-state index in [1.54, 1.807) is 24.7 Å². The van der Waals surface area contributed by atoms with Crippen molar-refractivity contribution in [2.75, 3.05) is 18.0 Å². The van der Waals surface area contributed by atoms with Gasteiger partial charge in [0.15, 0.2) is 0 Å². The molecule has 0 unspecified atom stereocenters. The number of aromatic nitrogens is 3. The maximum Gasteiger partial charge on any atom is 0.373 e. The molecule has 0 amide bonds. The van der Waals surface area contributed by atoms with Crippen LogP contribution in [-0.4, -0.2) is 40.3 Å². The normalized spacial score (nSPS) is 16.6. The standard InChI is InChI=1S/C13H16N4O2.CO2/c1-2-10-9-18-13(16-10)17-7-4-11(8-17)19-12-14-5-3-6-15-12;2-1-3/h3,5-6,9,11H,2,4,7-8H2,1H3;/t11-;/m0./s1. The van der Waals surface area contributed by atoms with Gasteiger partial charge in [0.1, 0.15) is 12.4 Å². The van der Waals surface area contributed by atoms with E-state index in [-0.39, 0.29) is 12.3 Å². The molecule has 0 spiro atoms. The van der Waals surface area contributed by atoms with E-state index in [1.807, 2.05) is 0 Å². The molecule has 3 rings (SSSR count). The fraction of sp³-hybridized carbons (Fsp3) is 0.429. The average molecular weight is 304 g/mol. The lowest BCUT2D eigenvalue weighted by Gasteiger charge is -2.13. The molecule has 1 atom stereocenters. The van der Waals surface area contributed by atoms with Gasteiger partial charge in [0.05, 0.1) is 12.2 Å². The summed E-state index contributed by atoms with van der Waals surface area (Å²) in [4.78, 5) is 30.9. The Hall–Kier alpha value is -2.73. The molecule has 8 nitrogen and oxygen atoms in total. The van der Waals surface area contributed by atoms with Crippen LogP contribution in [0.1, 0.15) is 19.0 Å². The Morgan fingerprint density at radius 3 is 2.77 bits per heavy atom. The van der Waals surface area contributed by atoms with Crippen LogP contribution in [-0.2, 0) is 16.0 Å². The van der Waals surface area contributed by atoms with Crippen LogP contribution in [0.15, 0.2) is 29.1 Å². The lowest BCUT2D eigenvalue weighted by molar-refractivity contribution is -0.191. The van der Waals surface area contributed by atoms with Gasteiger partial charge in [-0.1, -0.05) is 6.92 Å². The molecule has 0 aromatic carbocycles. The van der Waals surface area contributed by atoms with Crippen LogP contribution in [0, 0.1) is 0 Å². The second kappa shape index (κ2) is 7.90. The van der Waals surface area contributed by atoms with E-state index in [1.165, 1.54) is 0 Å². The van der Waals surface area contributed by atoms with Gasteiger partial charge in [-0.15, -0.1) is 0 Å². The Morgan fingerprint density at radius 2 is 2.14 bits per heavy atom. The van der Waals surface area contributed by atoms with Crippen LogP contribution < -0.4 is 9.64 Å². The van der Waals surface area contributed by atoms with Gasteiger partial charge >= 0.3 is 12.2 Å². The molecule has 1 saturated heterocycles. The molecule has 116 valence electrons. The zero-order chi connectivity index (χ0) is 15.8. The molecular weight excluding hydrogens is 288 g/mol. The highest BCUT2D eigenvalue weighted by atomic mass is 16.5.